The Labute approximate surface area is 562 Å². The van der Waals surface area contributed by atoms with Gasteiger partial charge in [0, 0.05) is 25.7 Å². The van der Waals surface area contributed by atoms with E-state index < -0.39 is 97.5 Å². The first kappa shape index (κ1) is 90.1. The van der Waals surface area contributed by atoms with Gasteiger partial charge in [-0.3, -0.25) is 37.3 Å². The van der Waals surface area contributed by atoms with E-state index in [1.165, 1.54) is 205 Å². The molecule has 0 spiro atoms. The molecule has 0 saturated heterocycles. The Balaban J connectivity index is 5.22. The molecule has 5 atom stereocenters. The van der Waals surface area contributed by atoms with Crippen LogP contribution >= 0.6 is 15.6 Å². The van der Waals surface area contributed by atoms with Crippen molar-refractivity contribution in [3.05, 3.63) is 0 Å². The molecular weight excluding hydrogens is 1210 g/mol. The summed E-state index contributed by atoms with van der Waals surface area (Å²) in [5, 5.41) is 10.6. The fourth-order valence-electron chi connectivity index (χ4n) is 11.2. The molecule has 2 unspecified atom stereocenters. The second-order valence-electron chi connectivity index (χ2n) is 26.8. The number of aliphatic hydroxyl groups is 1. The number of ether oxygens (including phenoxy) is 4. The molecule has 0 aliphatic carbocycles. The molecule has 0 aliphatic heterocycles. The minimum Gasteiger partial charge on any atom is -0.462 e. The number of hydrogen-bond acceptors (Lipinski definition) is 15. The molecule has 0 aliphatic rings. The molecule has 17 nitrogen and oxygen atoms in total. The van der Waals surface area contributed by atoms with Gasteiger partial charge in [0.05, 0.1) is 26.4 Å². The lowest BCUT2D eigenvalue weighted by atomic mass is 10.0. The molecule has 92 heavy (non-hydrogen) atoms. The van der Waals surface area contributed by atoms with Crippen LogP contribution in [0.15, 0.2) is 0 Å². The van der Waals surface area contributed by atoms with Crippen molar-refractivity contribution in [2.45, 2.75) is 400 Å². The van der Waals surface area contributed by atoms with Gasteiger partial charge in [0.2, 0.25) is 0 Å². The van der Waals surface area contributed by atoms with E-state index in [-0.39, 0.29) is 25.7 Å². The standard InChI is InChI=1S/C73H142O17P2/c1-6-9-12-15-18-21-24-26-28-29-30-31-33-35-38-43-48-53-58-72(77)89-68(62-84-71(76)57-52-47-42-37-34-32-27-25-22-19-16-13-10-7-2)64-87-91(79,80)85-60-67(74)61-86-92(81,82)88-65-69(90-73(78)59-54-49-44-39-40-45-50-55-66(4)5)63-83-70(75)56-51-46-41-36-23-20-17-14-11-8-3/h66-69,74H,6-65H2,1-5H3,(H,79,80)(H,81,82)/t67-,68-,69-/m1/s1. The molecule has 0 fully saturated rings. The molecule has 0 aromatic heterocycles. The average molecular weight is 1350 g/mol. The van der Waals surface area contributed by atoms with Crippen molar-refractivity contribution in [3.63, 3.8) is 0 Å². The molecule has 0 saturated carbocycles. The number of hydrogen-bond donors (Lipinski definition) is 3. The monoisotopic (exact) mass is 1350 g/mol. The minimum absolute atomic E-state index is 0.104. The quantitative estimate of drug-likeness (QED) is 0.0222. The van der Waals surface area contributed by atoms with Crippen molar-refractivity contribution in [2.24, 2.45) is 5.92 Å². The zero-order chi connectivity index (χ0) is 67.7. The topological polar surface area (TPSA) is 237 Å². The van der Waals surface area contributed by atoms with Gasteiger partial charge in [0.15, 0.2) is 12.2 Å². The van der Waals surface area contributed by atoms with Gasteiger partial charge in [-0.2, -0.15) is 0 Å². The van der Waals surface area contributed by atoms with Crippen LogP contribution in [0.5, 0.6) is 0 Å². The molecule has 0 aromatic carbocycles. The van der Waals surface area contributed by atoms with E-state index in [1.807, 2.05) is 0 Å². The zero-order valence-electron chi connectivity index (χ0n) is 59.7. The SMILES string of the molecule is CCCCCCCCCCCCCCCCCCCCC(=O)O[C@H](COC(=O)CCCCCCCCCCCCCCCC)COP(=O)(O)OC[C@@H](O)COP(=O)(O)OC[C@@H](COC(=O)CCCCCCCCCCCC)OC(=O)CCCCCCCCCC(C)C. The van der Waals surface area contributed by atoms with E-state index >= 15 is 0 Å². The maximum Gasteiger partial charge on any atom is 0.472 e. The summed E-state index contributed by atoms with van der Waals surface area (Å²) in [5.41, 5.74) is 0. The summed E-state index contributed by atoms with van der Waals surface area (Å²) in [5.74, 6) is -1.42. The Hall–Kier alpha value is -1.94. The summed E-state index contributed by atoms with van der Waals surface area (Å²) in [4.78, 5) is 72.6. The Morgan fingerprint density at radius 3 is 0.739 bits per heavy atom. The van der Waals surface area contributed by atoms with Crippen molar-refractivity contribution in [3.8, 4) is 0 Å². The number of phosphoric acid groups is 2. The summed E-state index contributed by atoms with van der Waals surface area (Å²) in [6, 6.07) is 0. The molecule has 0 heterocycles. The Kier molecular flexibility index (Phi) is 64.9. The Morgan fingerprint density at radius 1 is 0.293 bits per heavy atom. The number of rotatable bonds is 73. The average Bonchev–Trinajstić information content (AvgIpc) is 2.12. The number of esters is 4. The summed E-state index contributed by atoms with van der Waals surface area (Å²) in [7, 11) is -9.90. The molecule has 0 bridgehead atoms. The second kappa shape index (κ2) is 66.3. The lowest BCUT2D eigenvalue weighted by Crippen LogP contribution is -2.30. The summed E-state index contributed by atoms with van der Waals surface area (Å²) >= 11 is 0. The lowest BCUT2D eigenvalue weighted by molar-refractivity contribution is -0.161. The van der Waals surface area contributed by atoms with E-state index in [1.54, 1.807) is 0 Å². The predicted molar refractivity (Wildman–Crippen MR) is 372 cm³/mol. The first-order chi connectivity index (χ1) is 44.5. The molecule has 0 rings (SSSR count). The third-order valence-corrected chi connectivity index (χ3v) is 18.9. The van der Waals surface area contributed by atoms with Crippen molar-refractivity contribution < 1.29 is 80.2 Å². The third kappa shape index (κ3) is 66.7. The van der Waals surface area contributed by atoms with Crippen molar-refractivity contribution in [1.82, 2.24) is 0 Å². The van der Waals surface area contributed by atoms with Gasteiger partial charge in [-0.1, -0.05) is 330 Å². The molecule has 0 aromatic rings. The van der Waals surface area contributed by atoms with Crippen LogP contribution in [-0.4, -0.2) is 96.7 Å². The van der Waals surface area contributed by atoms with Gasteiger partial charge in [-0.15, -0.1) is 0 Å². The first-order valence-electron chi connectivity index (χ1n) is 38.1. The van der Waals surface area contributed by atoms with Crippen LogP contribution in [0.2, 0.25) is 0 Å². The number of unbranched alkanes of at least 4 members (excludes halogenated alkanes) is 45. The van der Waals surface area contributed by atoms with Crippen LogP contribution in [0.4, 0.5) is 0 Å². The molecular formula is C73H142O17P2. The van der Waals surface area contributed by atoms with E-state index in [0.29, 0.717) is 31.6 Å². The Morgan fingerprint density at radius 2 is 0.500 bits per heavy atom. The number of carbonyl (C=O) groups is 4. The van der Waals surface area contributed by atoms with Crippen LogP contribution in [0.1, 0.15) is 381 Å². The van der Waals surface area contributed by atoms with Gasteiger partial charge in [0.25, 0.3) is 0 Å². The van der Waals surface area contributed by atoms with Gasteiger partial charge in [0.1, 0.15) is 19.3 Å². The molecule has 0 amide bonds. The van der Waals surface area contributed by atoms with E-state index in [9.17, 15) is 43.2 Å². The summed E-state index contributed by atoms with van der Waals surface area (Å²) < 4.78 is 68.4. The van der Waals surface area contributed by atoms with Crippen LogP contribution in [0.3, 0.4) is 0 Å². The van der Waals surface area contributed by atoms with Crippen LogP contribution in [0.25, 0.3) is 0 Å². The highest BCUT2D eigenvalue weighted by Gasteiger charge is 2.30. The van der Waals surface area contributed by atoms with Crippen LogP contribution in [0, 0.1) is 5.92 Å². The van der Waals surface area contributed by atoms with Gasteiger partial charge >= 0.3 is 39.5 Å². The van der Waals surface area contributed by atoms with Gasteiger partial charge < -0.3 is 33.8 Å². The predicted octanol–water partition coefficient (Wildman–Crippen LogP) is 21.3. The second-order valence-corrected chi connectivity index (χ2v) is 29.7. The van der Waals surface area contributed by atoms with E-state index in [0.717, 1.165) is 89.9 Å². The van der Waals surface area contributed by atoms with Crippen molar-refractivity contribution in [2.75, 3.05) is 39.6 Å². The lowest BCUT2D eigenvalue weighted by Gasteiger charge is -2.21. The van der Waals surface area contributed by atoms with E-state index in [4.69, 9.17) is 37.0 Å². The third-order valence-electron chi connectivity index (χ3n) is 17.0. The van der Waals surface area contributed by atoms with Crippen molar-refractivity contribution >= 4 is 39.5 Å². The minimum atomic E-state index is -4.95. The highest BCUT2D eigenvalue weighted by Crippen LogP contribution is 2.45. The molecule has 3 N–H and O–H groups in total. The first-order valence-corrected chi connectivity index (χ1v) is 41.1. The maximum atomic E-state index is 13.1. The summed E-state index contributed by atoms with van der Waals surface area (Å²) in [6.07, 6.45) is 54.2. The Bertz CT molecular complexity index is 1770. The smallest absolute Gasteiger partial charge is 0.462 e. The van der Waals surface area contributed by atoms with Gasteiger partial charge in [-0.25, -0.2) is 9.13 Å². The highest BCUT2D eigenvalue weighted by molar-refractivity contribution is 7.47. The fraction of sp³-hybridized carbons (Fsp3) is 0.945. The van der Waals surface area contributed by atoms with Gasteiger partial charge in [-0.05, 0) is 31.6 Å². The zero-order valence-corrected chi connectivity index (χ0v) is 61.5. The number of phosphoric ester groups is 2. The molecule has 19 heteroatoms. The summed E-state index contributed by atoms with van der Waals surface area (Å²) in [6.45, 7) is 7.20. The normalized spacial score (nSPS) is 14.0. The highest BCUT2D eigenvalue weighted by atomic mass is 31.2. The molecule has 546 valence electrons. The largest absolute Gasteiger partial charge is 0.472 e. The molecule has 0 radical (unpaired) electrons. The fourth-order valence-corrected chi connectivity index (χ4v) is 12.8. The maximum absolute atomic E-state index is 13.1. The number of aliphatic hydroxyl groups excluding tert-OH is 1. The van der Waals surface area contributed by atoms with Crippen LogP contribution < -0.4 is 0 Å². The van der Waals surface area contributed by atoms with E-state index in [2.05, 4.69) is 34.6 Å². The number of carbonyl (C=O) groups excluding carboxylic acids is 4. The van der Waals surface area contributed by atoms with Crippen molar-refractivity contribution in [1.29, 1.82) is 0 Å². The van der Waals surface area contributed by atoms with Crippen LogP contribution in [-0.2, 0) is 65.4 Å².